The fraction of sp³-hybridized carbons (Fsp3) is 0. The molecule has 7 heteroatoms. The van der Waals surface area contributed by atoms with Crippen LogP contribution in [0.4, 0.5) is 5.69 Å². The summed E-state index contributed by atoms with van der Waals surface area (Å²) >= 11 is 0. The van der Waals surface area contributed by atoms with Gasteiger partial charge in [0.05, 0.1) is 16.8 Å². The molecule has 0 atom stereocenters. The first-order chi connectivity index (χ1) is 16.0. The monoisotopic (exact) mass is 442 g/mol. The van der Waals surface area contributed by atoms with E-state index in [0.29, 0.717) is 29.0 Å². The molecule has 5 N–H and O–H groups in total. The Hall–Kier alpha value is -4.78. The molecule has 0 aliphatic heterocycles. The Kier molecular flexibility index (Phi) is 7.64. The highest BCUT2D eigenvalue weighted by Gasteiger charge is 2.10. The highest BCUT2D eigenvalue weighted by molar-refractivity contribution is 5.79. The van der Waals surface area contributed by atoms with Crippen LogP contribution in [0.1, 0.15) is 10.4 Å². The Morgan fingerprint density at radius 2 is 1.27 bits per heavy atom. The Balaban J connectivity index is 0.000000153. The number of hydrogen-bond acceptors (Lipinski definition) is 7. The summed E-state index contributed by atoms with van der Waals surface area (Å²) in [5.74, 6) is 0.799. The number of carbonyl (C=O) groups is 1. The van der Waals surface area contributed by atoms with E-state index in [1.54, 1.807) is 60.7 Å². The van der Waals surface area contributed by atoms with E-state index in [1.165, 1.54) is 6.07 Å². The number of benzene rings is 4. The van der Waals surface area contributed by atoms with Crippen molar-refractivity contribution < 1.29 is 24.5 Å². The molecule has 0 saturated carbocycles. The summed E-state index contributed by atoms with van der Waals surface area (Å²) in [5.41, 5.74) is 8.15. The van der Waals surface area contributed by atoms with E-state index in [1.807, 2.05) is 30.3 Å². The molecule has 33 heavy (non-hydrogen) atoms. The van der Waals surface area contributed by atoms with Gasteiger partial charge in [0.25, 0.3) is 0 Å². The van der Waals surface area contributed by atoms with Crippen LogP contribution in [0.15, 0.2) is 101 Å². The summed E-state index contributed by atoms with van der Waals surface area (Å²) in [4.78, 5) is 14.4. The predicted molar refractivity (Wildman–Crippen MR) is 127 cm³/mol. The fourth-order valence-electron chi connectivity index (χ4n) is 2.72. The summed E-state index contributed by atoms with van der Waals surface area (Å²) in [6.07, 6.45) is 0.620. The molecule has 0 saturated heterocycles. The largest absolute Gasteiger partial charge is 0.507 e. The predicted octanol–water partition coefficient (Wildman–Crippen LogP) is 5.38. The number of phenols is 3. The van der Waals surface area contributed by atoms with Crippen LogP contribution >= 0.6 is 0 Å². The number of phenolic OH excluding ortho intramolecular Hbond substituents is 3. The van der Waals surface area contributed by atoms with Crippen molar-refractivity contribution >= 4 is 23.1 Å². The number of aldehydes is 1. The van der Waals surface area contributed by atoms with Crippen LogP contribution in [0, 0.1) is 0 Å². The minimum absolute atomic E-state index is 0.0347. The maximum absolute atomic E-state index is 10.1. The standard InChI is InChI=1S/C13H9NO2.C7H6O2.C6H7NO/c15-11-7-3-1-5-9(11)13-14-10-6-2-4-8-12(10)16-13;8-5-6-3-1-2-4-7(6)9;7-5-3-1-2-4-6(5)8/h1-8,15H;1-5,9H;1-4,8H,7H2. The van der Waals surface area contributed by atoms with E-state index < -0.39 is 0 Å². The lowest BCUT2D eigenvalue weighted by molar-refractivity contribution is 0.112. The van der Waals surface area contributed by atoms with Gasteiger partial charge in [0.2, 0.25) is 5.89 Å². The number of fused-ring (bicyclic) bond motifs is 1. The van der Waals surface area contributed by atoms with Crippen LogP contribution in [0.25, 0.3) is 22.6 Å². The van der Waals surface area contributed by atoms with Gasteiger partial charge in [0.1, 0.15) is 22.8 Å². The lowest BCUT2D eigenvalue weighted by Crippen LogP contribution is -1.82. The summed E-state index contributed by atoms with van der Waals surface area (Å²) < 4.78 is 5.56. The van der Waals surface area contributed by atoms with Crippen LogP contribution in [0.5, 0.6) is 17.2 Å². The van der Waals surface area contributed by atoms with Gasteiger partial charge in [-0.1, -0.05) is 48.5 Å². The Bertz CT molecular complexity index is 1290. The molecule has 5 aromatic rings. The van der Waals surface area contributed by atoms with E-state index >= 15 is 0 Å². The third kappa shape index (κ3) is 6.11. The van der Waals surface area contributed by atoms with Crippen LogP contribution in [0.3, 0.4) is 0 Å². The van der Waals surface area contributed by atoms with Gasteiger partial charge in [0, 0.05) is 0 Å². The normalized spacial score (nSPS) is 9.82. The maximum Gasteiger partial charge on any atom is 0.231 e. The molecule has 1 heterocycles. The number of para-hydroxylation sites is 6. The Morgan fingerprint density at radius 3 is 1.82 bits per heavy atom. The van der Waals surface area contributed by atoms with Gasteiger partial charge in [-0.3, -0.25) is 4.79 Å². The molecule has 5 rings (SSSR count). The number of hydrogen-bond donors (Lipinski definition) is 4. The van der Waals surface area contributed by atoms with Gasteiger partial charge in [-0.2, -0.15) is 0 Å². The highest BCUT2D eigenvalue weighted by Crippen LogP contribution is 2.30. The number of aromatic hydroxyl groups is 3. The zero-order valence-corrected chi connectivity index (χ0v) is 17.5. The molecule has 0 fully saturated rings. The first-order valence-corrected chi connectivity index (χ1v) is 9.90. The summed E-state index contributed by atoms with van der Waals surface area (Å²) in [5, 5.41) is 27.4. The lowest BCUT2D eigenvalue weighted by Gasteiger charge is -1.97. The molecule has 166 valence electrons. The minimum atomic E-state index is 0.0347. The second kappa shape index (κ2) is 11.0. The lowest BCUT2D eigenvalue weighted by atomic mass is 10.2. The van der Waals surface area contributed by atoms with Crippen molar-refractivity contribution in [2.75, 3.05) is 5.73 Å². The molecule has 4 aromatic carbocycles. The average molecular weight is 442 g/mol. The number of nitrogens with two attached hydrogens (primary N) is 1. The molecule has 0 amide bonds. The molecule has 0 unspecified atom stereocenters. The number of carbonyl (C=O) groups excluding carboxylic acids is 1. The molecule has 0 aliphatic rings. The molecule has 0 spiro atoms. The topological polar surface area (TPSA) is 130 Å². The smallest absolute Gasteiger partial charge is 0.231 e. The Morgan fingerprint density at radius 1 is 0.697 bits per heavy atom. The van der Waals surface area contributed by atoms with Gasteiger partial charge < -0.3 is 25.5 Å². The number of nitrogens with zero attached hydrogens (tertiary/aromatic N) is 1. The van der Waals surface area contributed by atoms with Crippen molar-refractivity contribution in [2.24, 2.45) is 0 Å². The molecule has 1 aromatic heterocycles. The molecule has 7 nitrogen and oxygen atoms in total. The highest BCUT2D eigenvalue weighted by atomic mass is 16.3. The van der Waals surface area contributed by atoms with E-state index in [2.05, 4.69) is 4.98 Å². The number of nitrogen functional groups attached to an aromatic ring is 1. The quantitative estimate of drug-likeness (QED) is 0.164. The molecular formula is C26H22N2O5. The van der Waals surface area contributed by atoms with Gasteiger partial charge in [-0.05, 0) is 48.5 Å². The molecule has 0 aliphatic carbocycles. The number of anilines is 1. The zero-order chi connectivity index (χ0) is 23.6. The van der Waals surface area contributed by atoms with Crippen LogP contribution in [-0.4, -0.2) is 26.6 Å². The van der Waals surface area contributed by atoms with E-state index in [-0.39, 0.29) is 17.2 Å². The van der Waals surface area contributed by atoms with Crippen LogP contribution < -0.4 is 5.73 Å². The van der Waals surface area contributed by atoms with Gasteiger partial charge in [-0.25, -0.2) is 4.98 Å². The van der Waals surface area contributed by atoms with Crippen molar-refractivity contribution in [3.8, 4) is 28.7 Å². The molecule has 0 bridgehead atoms. The second-order valence-corrected chi connectivity index (χ2v) is 6.74. The van der Waals surface area contributed by atoms with E-state index in [4.69, 9.17) is 20.4 Å². The maximum atomic E-state index is 10.1. The van der Waals surface area contributed by atoms with Crippen molar-refractivity contribution in [1.82, 2.24) is 4.98 Å². The van der Waals surface area contributed by atoms with Crippen molar-refractivity contribution in [1.29, 1.82) is 0 Å². The first kappa shape index (κ1) is 22.9. The molecular weight excluding hydrogens is 420 g/mol. The zero-order valence-electron chi connectivity index (χ0n) is 17.5. The van der Waals surface area contributed by atoms with Gasteiger partial charge >= 0.3 is 0 Å². The summed E-state index contributed by atoms with van der Waals surface area (Å²) in [6, 6.07) is 27.6. The second-order valence-electron chi connectivity index (χ2n) is 6.74. The third-order valence-electron chi connectivity index (χ3n) is 4.43. The van der Waals surface area contributed by atoms with Crippen LogP contribution in [-0.2, 0) is 0 Å². The van der Waals surface area contributed by atoms with Gasteiger partial charge in [0.15, 0.2) is 11.9 Å². The van der Waals surface area contributed by atoms with Crippen molar-refractivity contribution in [3.63, 3.8) is 0 Å². The summed E-state index contributed by atoms with van der Waals surface area (Å²) in [7, 11) is 0. The van der Waals surface area contributed by atoms with E-state index in [9.17, 15) is 9.90 Å². The first-order valence-electron chi connectivity index (χ1n) is 9.90. The Labute approximate surface area is 190 Å². The van der Waals surface area contributed by atoms with Crippen molar-refractivity contribution in [3.05, 3.63) is 103 Å². The molecule has 0 radical (unpaired) electrons. The number of rotatable bonds is 2. The van der Waals surface area contributed by atoms with Gasteiger partial charge in [-0.15, -0.1) is 0 Å². The van der Waals surface area contributed by atoms with Crippen molar-refractivity contribution in [2.45, 2.75) is 0 Å². The SMILES string of the molecule is Nc1ccccc1O.O=Cc1ccccc1O.Oc1ccccc1-c1nc2ccccc2o1. The van der Waals surface area contributed by atoms with E-state index in [0.717, 1.165) is 11.1 Å². The number of aromatic nitrogens is 1. The summed E-state index contributed by atoms with van der Waals surface area (Å²) in [6.45, 7) is 0. The average Bonchev–Trinajstić information content (AvgIpc) is 3.27. The number of oxazole rings is 1. The fourth-order valence-corrected chi connectivity index (χ4v) is 2.72. The third-order valence-corrected chi connectivity index (χ3v) is 4.43. The minimum Gasteiger partial charge on any atom is -0.507 e. The van der Waals surface area contributed by atoms with Crippen LogP contribution in [0.2, 0.25) is 0 Å².